The van der Waals surface area contributed by atoms with Gasteiger partial charge in [-0.25, -0.2) is 0 Å². The molecule has 4 heteroatoms. The van der Waals surface area contributed by atoms with Gasteiger partial charge >= 0.3 is 0 Å². The summed E-state index contributed by atoms with van der Waals surface area (Å²) in [5, 5.41) is 2.23. The highest BCUT2D eigenvalue weighted by atomic mass is 79.9. The zero-order chi connectivity index (χ0) is 14.5. The van der Waals surface area contributed by atoms with E-state index in [0.717, 1.165) is 18.3 Å². The molecule has 0 amide bonds. The first-order valence-corrected chi connectivity index (χ1v) is 8.90. The van der Waals surface area contributed by atoms with Gasteiger partial charge in [-0.3, -0.25) is 4.72 Å². The summed E-state index contributed by atoms with van der Waals surface area (Å²) in [5.41, 5.74) is 3.89. The Hall–Kier alpha value is -1.23. The standard InChI is InChI=1S/C17H17BrN2S/c18-11-13-5-7-15(8-6-13)21-20-10-9-14-12-19-17-4-2-1-3-16(14)17/h1-8,12,19-20H,9-11H2. The minimum Gasteiger partial charge on any atom is -0.361 e. The number of H-pyrrole nitrogens is 1. The number of benzene rings is 2. The molecule has 2 aromatic carbocycles. The number of nitrogens with one attached hydrogen (secondary N) is 2. The van der Waals surface area contributed by atoms with Crippen LogP contribution < -0.4 is 4.72 Å². The van der Waals surface area contributed by atoms with Gasteiger partial charge in [-0.05, 0) is 47.7 Å². The van der Waals surface area contributed by atoms with Crippen LogP contribution in [0.1, 0.15) is 11.1 Å². The lowest BCUT2D eigenvalue weighted by Crippen LogP contribution is -2.07. The van der Waals surface area contributed by atoms with Crippen LogP contribution in [0.5, 0.6) is 0 Å². The second kappa shape index (κ2) is 7.16. The van der Waals surface area contributed by atoms with Gasteiger partial charge < -0.3 is 4.98 Å². The summed E-state index contributed by atoms with van der Waals surface area (Å²) in [4.78, 5) is 4.57. The van der Waals surface area contributed by atoms with Gasteiger partial charge in [0.05, 0.1) is 0 Å². The molecule has 1 aromatic heterocycles. The summed E-state index contributed by atoms with van der Waals surface area (Å²) >= 11 is 5.15. The molecule has 0 aliphatic heterocycles. The highest BCUT2D eigenvalue weighted by Crippen LogP contribution is 2.19. The number of para-hydroxylation sites is 1. The van der Waals surface area contributed by atoms with Crippen LogP contribution >= 0.6 is 27.9 Å². The van der Waals surface area contributed by atoms with Crippen LogP contribution in [0, 0.1) is 0 Å². The van der Waals surface area contributed by atoms with Gasteiger partial charge in [-0.15, -0.1) is 0 Å². The van der Waals surface area contributed by atoms with E-state index in [-0.39, 0.29) is 0 Å². The topological polar surface area (TPSA) is 27.8 Å². The number of rotatable bonds is 6. The van der Waals surface area contributed by atoms with Gasteiger partial charge in [-0.1, -0.05) is 46.3 Å². The lowest BCUT2D eigenvalue weighted by Gasteiger charge is -2.04. The highest BCUT2D eigenvalue weighted by molar-refractivity contribution is 9.08. The van der Waals surface area contributed by atoms with Crippen molar-refractivity contribution < 1.29 is 0 Å². The summed E-state index contributed by atoms with van der Waals surface area (Å²) in [6.07, 6.45) is 3.14. The maximum absolute atomic E-state index is 3.46. The number of hydrogen-bond donors (Lipinski definition) is 2. The van der Waals surface area contributed by atoms with Gasteiger partial charge in [0.25, 0.3) is 0 Å². The lowest BCUT2D eigenvalue weighted by molar-refractivity contribution is 0.913. The third kappa shape index (κ3) is 3.70. The molecule has 0 radical (unpaired) electrons. The molecule has 3 aromatic rings. The molecule has 3 rings (SSSR count). The summed E-state index contributed by atoms with van der Waals surface area (Å²) in [5.74, 6) is 0. The first-order chi connectivity index (χ1) is 10.4. The molecular weight excluding hydrogens is 344 g/mol. The molecule has 108 valence electrons. The molecule has 2 nitrogen and oxygen atoms in total. The van der Waals surface area contributed by atoms with Gasteiger partial charge in [-0.2, -0.15) is 0 Å². The predicted octanol–water partition coefficient (Wildman–Crippen LogP) is 4.90. The highest BCUT2D eigenvalue weighted by Gasteiger charge is 2.02. The number of alkyl halides is 1. The monoisotopic (exact) mass is 360 g/mol. The minimum atomic E-state index is 0.909. The van der Waals surface area contributed by atoms with Crippen LogP contribution in [0.15, 0.2) is 59.6 Å². The van der Waals surface area contributed by atoms with Crippen LogP contribution in [0.4, 0.5) is 0 Å². The third-order valence-electron chi connectivity index (χ3n) is 3.44. The first-order valence-electron chi connectivity index (χ1n) is 6.96. The van der Waals surface area contributed by atoms with Crippen LogP contribution in [0.25, 0.3) is 10.9 Å². The van der Waals surface area contributed by atoms with Crippen molar-refractivity contribution in [2.75, 3.05) is 6.54 Å². The normalized spacial score (nSPS) is 11.1. The summed E-state index contributed by atoms with van der Waals surface area (Å²) in [7, 11) is 0. The van der Waals surface area contributed by atoms with Gasteiger partial charge in [0.2, 0.25) is 0 Å². The van der Waals surface area contributed by atoms with E-state index in [9.17, 15) is 0 Å². The van der Waals surface area contributed by atoms with Crippen molar-refractivity contribution in [2.24, 2.45) is 0 Å². The van der Waals surface area contributed by atoms with Crippen molar-refractivity contribution in [3.05, 3.63) is 65.9 Å². The number of hydrogen-bond acceptors (Lipinski definition) is 2. The third-order valence-corrected chi connectivity index (χ3v) is 4.94. The van der Waals surface area contributed by atoms with E-state index < -0.39 is 0 Å². The van der Waals surface area contributed by atoms with Gasteiger partial charge in [0, 0.05) is 33.9 Å². The van der Waals surface area contributed by atoms with Crippen molar-refractivity contribution in [1.82, 2.24) is 9.71 Å². The summed E-state index contributed by atoms with van der Waals surface area (Å²) in [6, 6.07) is 17.1. The SMILES string of the molecule is BrCc1ccc(SNCCc2c[nH]c3ccccc23)cc1. The number of aromatic nitrogens is 1. The van der Waals surface area contributed by atoms with Crippen molar-refractivity contribution >= 4 is 38.8 Å². The Bertz CT molecular complexity index is 706. The molecule has 21 heavy (non-hydrogen) atoms. The van der Waals surface area contributed by atoms with Crippen molar-refractivity contribution in [3.8, 4) is 0 Å². The maximum atomic E-state index is 3.46. The molecule has 0 unspecified atom stereocenters. The number of aromatic amines is 1. The van der Waals surface area contributed by atoms with Gasteiger partial charge in [0.1, 0.15) is 0 Å². The fourth-order valence-corrected chi connectivity index (χ4v) is 3.32. The van der Waals surface area contributed by atoms with E-state index >= 15 is 0 Å². The predicted molar refractivity (Wildman–Crippen MR) is 94.9 cm³/mol. The Morgan fingerprint density at radius 1 is 1.05 bits per heavy atom. The van der Waals surface area contributed by atoms with E-state index in [0.29, 0.717) is 0 Å². The minimum absolute atomic E-state index is 0.909. The summed E-state index contributed by atoms with van der Waals surface area (Å²) in [6.45, 7) is 0.951. The van der Waals surface area contributed by atoms with E-state index in [1.54, 1.807) is 11.9 Å². The van der Waals surface area contributed by atoms with Gasteiger partial charge in [0.15, 0.2) is 0 Å². The molecular formula is C17H17BrN2S. The van der Waals surface area contributed by atoms with Crippen molar-refractivity contribution in [1.29, 1.82) is 0 Å². The molecule has 0 atom stereocenters. The largest absolute Gasteiger partial charge is 0.361 e. The fraction of sp³-hybridized carbons (Fsp3) is 0.176. The van der Waals surface area contributed by atoms with E-state index in [1.807, 2.05) is 0 Å². The second-order valence-corrected chi connectivity index (χ2v) is 6.41. The molecule has 2 N–H and O–H groups in total. The first kappa shape index (κ1) is 14.7. The lowest BCUT2D eigenvalue weighted by atomic mass is 10.1. The van der Waals surface area contributed by atoms with Crippen molar-refractivity contribution in [3.63, 3.8) is 0 Å². The number of fused-ring (bicyclic) bond motifs is 1. The Labute approximate surface area is 137 Å². The van der Waals surface area contributed by atoms with Crippen LogP contribution in [-0.2, 0) is 11.8 Å². The van der Waals surface area contributed by atoms with Crippen molar-refractivity contribution in [2.45, 2.75) is 16.6 Å². The average Bonchev–Trinajstić information content (AvgIpc) is 2.95. The Morgan fingerprint density at radius 2 is 1.86 bits per heavy atom. The number of halogens is 1. The molecule has 0 fully saturated rings. The Balaban J connectivity index is 1.51. The quantitative estimate of drug-likeness (QED) is 0.371. The molecule has 0 saturated heterocycles. The molecule has 0 spiro atoms. The Morgan fingerprint density at radius 3 is 2.67 bits per heavy atom. The van der Waals surface area contributed by atoms with E-state index in [2.05, 4.69) is 80.4 Å². The second-order valence-electron chi connectivity index (χ2n) is 4.88. The zero-order valence-electron chi connectivity index (χ0n) is 11.6. The van der Waals surface area contributed by atoms with Crippen LogP contribution in [0.3, 0.4) is 0 Å². The zero-order valence-corrected chi connectivity index (χ0v) is 14.0. The molecule has 0 aliphatic rings. The summed E-state index contributed by atoms with van der Waals surface area (Å²) < 4.78 is 3.43. The average molecular weight is 361 g/mol. The maximum Gasteiger partial charge on any atom is 0.0456 e. The molecule has 0 saturated carbocycles. The smallest absolute Gasteiger partial charge is 0.0456 e. The molecule has 0 bridgehead atoms. The molecule has 0 aliphatic carbocycles. The molecule has 1 heterocycles. The van der Waals surface area contributed by atoms with Crippen LogP contribution in [-0.4, -0.2) is 11.5 Å². The van der Waals surface area contributed by atoms with E-state index in [4.69, 9.17) is 0 Å². The fourth-order valence-electron chi connectivity index (χ4n) is 2.31. The van der Waals surface area contributed by atoms with Crippen LogP contribution in [0.2, 0.25) is 0 Å². The van der Waals surface area contributed by atoms with E-state index in [1.165, 1.54) is 26.9 Å². The Kier molecular flexibility index (Phi) is 5.01.